The summed E-state index contributed by atoms with van der Waals surface area (Å²) in [6.45, 7) is 4.89. The lowest BCUT2D eigenvalue weighted by molar-refractivity contribution is 0.119. The van der Waals surface area contributed by atoms with Crippen LogP contribution in [-0.4, -0.2) is 38.9 Å². The molecule has 23 heavy (non-hydrogen) atoms. The van der Waals surface area contributed by atoms with Crippen molar-refractivity contribution in [2.45, 2.75) is 38.8 Å². The number of guanidine groups is 1. The van der Waals surface area contributed by atoms with Crippen LogP contribution in [0.3, 0.4) is 0 Å². The van der Waals surface area contributed by atoms with E-state index in [1.165, 1.54) is 19.3 Å². The number of ether oxygens (including phenoxy) is 2. The second-order valence-corrected chi connectivity index (χ2v) is 5.39. The monoisotopic (exact) mass is 433 g/mol. The van der Waals surface area contributed by atoms with Crippen molar-refractivity contribution in [2.24, 2.45) is 4.99 Å². The molecular formula is C17H28IN3O2. The van der Waals surface area contributed by atoms with E-state index in [0.717, 1.165) is 30.4 Å². The summed E-state index contributed by atoms with van der Waals surface area (Å²) in [4.78, 5) is 4.63. The molecular weight excluding hydrogens is 405 g/mol. The van der Waals surface area contributed by atoms with Crippen LogP contribution in [0.15, 0.2) is 29.3 Å². The Morgan fingerprint density at radius 1 is 1.26 bits per heavy atom. The maximum atomic E-state index is 6.04. The normalized spacial score (nSPS) is 14.6. The lowest BCUT2D eigenvalue weighted by Crippen LogP contribution is -2.38. The Kier molecular flexibility index (Phi) is 10.0. The van der Waals surface area contributed by atoms with Crippen LogP contribution in [-0.2, 0) is 11.3 Å². The highest BCUT2D eigenvalue weighted by Gasteiger charge is 2.20. The third-order valence-electron chi connectivity index (χ3n) is 3.67. The molecule has 2 rings (SSSR count). The Hall–Kier alpha value is -1.02. The van der Waals surface area contributed by atoms with Crippen molar-refractivity contribution in [3.63, 3.8) is 0 Å². The largest absolute Gasteiger partial charge is 0.490 e. The molecule has 1 aromatic carbocycles. The van der Waals surface area contributed by atoms with Crippen molar-refractivity contribution in [1.29, 1.82) is 0 Å². The van der Waals surface area contributed by atoms with Crippen LogP contribution in [0.5, 0.6) is 5.75 Å². The molecule has 5 nitrogen and oxygen atoms in total. The molecule has 0 aromatic heterocycles. The predicted octanol–water partition coefficient (Wildman–Crippen LogP) is 2.94. The standard InChI is InChI=1S/C17H27N3O2.HI/c1-3-18-17(19-11-12-21-2)20-13-14-7-4-5-10-16(14)22-15-8-6-9-15;/h4-5,7,10,15H,3,6,8-9,11-13H2,1-2H3,(H2,18,19,20);1H. The lowest BCUT2D eigenvalue weighted by Gasteiger charge is -2.27. The number of rotatable bonds is 8. The molecule has 0 atom stereocenters. The smallest absolute Gasteiger partial charge is 0.191 e. The second-order valence-electron chi connectivity index (χ2n) is 5.39. The van der Waals surface area contributed by atoms with Crippen LogP contribution in [0.1, 0.15) is 31.7 Å². The number of para-hydroxylation sites is 1. The summed E-state index contributed by atoms with van der Waals surface area (Å²) in [5.41, 5.74) is 1.12. The number of hydrogen-bond donors (Lipinski definition) is 2. The van der Waals surface area contributed by atoms with E-state index in [1.54, 1.807) is 7.11 Å². The zero-order valence-electron chi connectivity index (χ0n) is 14.0. The summed E-state index contributed by atoms with van der Waals surface area (Å²) in [6.07, 6.45) is 3.99. The molecule has 0 heterocycles. The number of hydrogen-bond acceptors (Lipinski definition) is 3. The van der Waals surface area contributed by atoms with Gasteiger partial charge in [-0.15, -0.1) is 24.0 Å². The number of methoxy groups -OCH3 is 1. The minimum atomic E-state index is 0. The van der Waals surface area contributed by atoms with Gasteiger partial charge in [-0.3, -0.25) is 0 Å². The second kappa shape index (κ2) is 11.5. The van der Waals surface area contributed by atoms with E-state index in [1.807, 2.05) is 18.2 Å². The first kappa shape index (κ1) is 20.0. The van der Waals surface area contributed by atoms with Gasteiger partial charge in [0.05, 0.1) is 19.3 Å². The molecule has 6 heteroatoms. The SMILES string of the molecule is CCNC(=NCc1ccccc1OC1CCC1)NCCOC.I. The van der Waals surface area contributed by atoms with Gasteiger partial charge in [-0.05, 0) is 32.3 Å². The Morgan fingerprint density at radius 2 is 2.04 bits per heavy atom. The Labute approximate surface area is 156 Å². The molecule has 0 saturated heterocycles. The minimum absolute atomic E-state index is 0. The van der Waals surface area contributed by atoms with E-state index in [0.29, 0.717) is 19.3 Å². The van der Waals surface area contributed by atoms with Crippen molar-refractivity contribution in [2.75, 3.05) is 26.8 Å². The van der Waals surface area contributed by atoms with E-state index < -0.39 is 0 Å². The van der Waals surface area contributed by atoms with Gasteiger partial charge in [0.15, 0.2) is 5.96 Å². The van der Waals surface area contributed by atoms with Gasteiger partial charge in [-0.25, -0.2) is 4.99 Å². The van der Waals surface area contributed by atoms with Crippen molar-refractivity contribution in [3.8, 4) is 5.75 Å². The van der Waals surface area contributed by atoms with E-state index in [9.17, 15) is 0 Å². The van der Waals surface area contributed by atoms with Crippen LogP contribution in [0.4, 0.5) is 0 Å². The number of nitrogens with zero attached hydrogens (tertiary/aromatic N) is 1. The molecule has 1 aliphatic carbocycles. The summed E-state index contributed by atoms with van der Waals surface area (Å²) in [5, 5.41) is 6.48. The number of nitrogens with one attached hydrogen (secondary N) is 2. The average molecular weight is 433 g/mol. The molecule has 1 fully saturated rings. The summed E-state index contributed by atoms with van der Waals surface area (Å²) >= 11 is 0. The van der Waals surface area contributed by atoms with Crippen LogP contribution in [0.2, 0.25) is 0 Å². The van der Waals surface area contributed by atoms with Crippen molar-refractivity contribution in [1.82, 2.24) is 10.6 Å². The first-order valence-corrected chi connectivity index (χ1v) is 8.09. The number of aliphatic imine (C=N–C) groups is 1. The van der Waals surface area contributed by atoms with Gasteiger partial charge in [0, 0.05) is 25.8 Å². The summed E-state index contributed by atoms with van der Waals surface area (Å²) in [5.74, 6) is 1.77. The van der Waals surface area contributed by atoms with Gasteiger partial charge in [0.1, 0.15) is 5.75 Å². The van der Waals surface area contributed by atoms with Gasteiger partial charge < -0.3 is 20.1 Å². The Morgan fingerprint density at radius 3 is 2.70 bits per heavy atom. The molecule has 0 radical (unpaired) electrons. The van der Waals surface area contributed by atoms with Crippen LogP contribution >= 0.6 is 24.0 Å². The molecule has 0 bridgehead atoms. The van der Waals surface area contributed by atoms with Crippen LogP contribution in [0.25, 0.3) is 0 Å². The average Bonchev–Trinajstić information content (AvgIpc) is 2.49. The van der Waals surface area contributed by atoms with Crippen LogP contribution in [0, 0.1) is 0 Å². The Bertz CT molecular complexity index is 479. The van der Waals surface area contributed by atoms with E-state index >= 15 is 0 Å². The van der Waals surface area contributed by atoms with Crippen molar-refractivity contribution < 1.29 is 9.47 Å². The highest BCUT2D eigenvalue weighted by atomic mass is 127. The Balaban J connectivity index is 0.00000264. The van der Waals surface area contributed by atoms with Gasteiger partial charge >= 0.3 is 0 Å². The van der Waals surface area contributed by atoms with Gasteiger partial charge in [0.2, 0.25) is 0 Å². The van der Waals surface area contributed by atoms with E-state index in [2.05, 4.69) is 28.6 Å². The number of benzene rings is 1. The first-order valence-electron chi connectivity index (χ1n) is 8.09. The topological polar surface area (TPSA) is 54.9 Å². The molecule has 0 aliphatic heterocycles. The zero-order valence-corrected chi connectivity index (χ0v) is 16.3. The molecule has 0 spiro atoms. The molecule has 2 N–H and O–H groups in total. The third-order valence-corrected chi connectivity index (χ3v) is 3.67. The fourth-order valence-electron chi connectivity index (χ4n) is 2.20. The number of halogens is 1. The molecule has 0 unspecified atom stereocenters. The fourth-order valence-corrected chi connectivity index (χ4v) is 2.20. The van der Waals surface area contributed by atoms with Crippen LogP contribution < -0.4 is 15.4 Å². The quantitative estimate of drug-likeness (QED) is 0.287. The first-order chi connectivity index (χ1) is 10.8. The molecule has 1 aliphatic rings. The van der Waals surface area contributed by atoms with E-state index in [-0.39, 0.29) is 24.0 Å². The predicted molar refractivity (Wildman–Crippen MR) is 105 cm³/mol. The maximum absolute atomic E-state index is 6.04. The van der Waals surface area contributed by atoms with Crippen molar-refractivity contribution in [3.05, 3.63) is 29.8 Å². The summed E-state index contributed by atoms with van der Waals surface area (Å²) < 4.78 is 11.1. The maximum Gasteiger partial charge on any atom is 0.191 e. The lowest BCUT2D eigenvalue weighted by atomic mass is 9.96. The van der Waals surface area contributed by atoms with Gasteiger partial charge in [-0.1, -0.05) is 18.2 Å². The fraction of sp³-hybridized carbons (Fsp3) is 0.588. The molecule has 1 aromatic rings. The zero-order chi connectivity index (χ0) is 15.6. The minimum Gasteiger partial charge on any atom is -0.490 e. The summed E-state index contributed by atoms with van der Waals surface area (Å²) in [6, 6.07) is 8.16. The molecule has 130 valence electrons. The molecule has 0 amide bonds. The molecule has 1 saturated carbocycles. The van der Waals surface area contributed by atoms with E-state index in [4.69, 9.17) is 9.47 Å². The highest BCUT2D eigenvalue weighted by Crippen LogP contribution is 2.27. The van der Waals surface area contributed by atoms with Gasteiger partial charge in [-0.2, -0.15) is 0 Å². The summed E-state index contributed by atoms with van der Waals surface area (Å²) in [7, 11) is 1.69. The van der Waals surface area contributed by atoms with Gasteiger partial charge in [0.25, 0.3) is 0 Å². The van der Waals surface area contributed by atoms with Crippen molar-refractivity contribution >= 4 is 29.9 Å². The third kappa shape index (κ3) is 6.95. The highest BCUT2D eigenvalue weighted by molar-refractivity contribution is 14.0.